The summed E-state index contributed by atoms with van der Waals surface area (Å²) in [5.74, 6) is 0. The van der Waals surface area contributed by atoms with Crippen molar-refractivity contribution in [2.45, 2.75) is 13.5 Å². The number of halogens is 1. The van der Waals surface area contributed by atoms with Crippen molar-refractivity contribution in [1.82, 2.24) is 4.98 Å². The summed E-state index contributed by atoms with van der Waals surface area (Å²) in [6.45, 7) is 2.73. The zero-order chi connectivity index (χ0) is 13.0. The smallest absolute Gasteiger partial charge is 0.140 e. The molecule has 0 fully saturated rings. The molecule has 3 nitrogen and oxygen atoms in total. The van der Waals surface area contributed by atoms with Gasteiger partial charge in [0.05, 0.1) is 11.9 Å². The molecule has 1 heterocycles. The lowest BCUT2D eigenvalue weighted by Crippen LogP contribution is -2.01. The summed E-state index contributed by atoms with van der Waals surface area (Å²) in [4.78, 5) is 4.00. The highest BCUT2D eigenvalue weighted by atomic mass is 35.5. The first-order chi connectivity index (χ1) is 8.69. The number of benzene rings is 1. The molecule has 2 rings (SSSR count). The maximum atomic E-state index is 8.65. The average molecular weight is 258 g/mol. The zero-order valence-corrected chi connectivity index (χ0v) is 10.7. The molecule has 0 aliphatic heterocycles. The quantitative estimate of drug-likeness (QED) is 0.915. The summed E-state index contributed by atoms with van der Waals surface area (Å²) >= 11 is 5.91. The van der Waals surface area contributed by atoms with Crippen molar-refractivity contribution in [3.05, 3.63) is 58.4 Å². The van der Waals surface area contributed by atoms with E-state index in [0.717, 1.165) is 16.3 Å². The van der Waals surface area contributed by atoms with Gasteiger partial charge in [-0.25, -0.2) is 4.98 Å². The Kier molecular flexibility index (Phi) is 3.81. The molecule has 90 valence electrons. The van der Waals surface area contributed by atoms with Gasteiger partial charge in [0.2, 0.25) is 0 Å². The minimum atomic E-state index is 0.420. The van der Waals surface area contributed by atoms with E-state index < -0.39 is 0 Å². The molecular formula is C14H12ClN3. The Hall–Kier alpha value is -2.05. The van der Waals surface area contributed by atoms with Crippen molar-refractivity contribution in [2.75, 3.05) is 5.32 Å². The maximum Gasteiger partial charge on any atom is 0.140 e. The highest BCUT2D eigenvalue weighted by Crippen LogP contribution is 2.16. The van der Waals surface area contributed by atoms with Crippen LogP contribution in [0.1, 0.15) is 16.8 Å². The van der Waals surface area contributed by atoms with Crippen LogP contribution in [0.25, 0.3) is 0 Å². The lowest BCUT2D eigenvalue weighted by Gasteiger charge is -2.09. The first-order valence-corrected chi connectivity index (χ1v) is 5.92. The summed E-state index contributed by atoms with van der Waals surface area (Å²) in [6, 6.07) is 11.3. The van der Waals surface area contributed by atoms with E-state index in [2.05, 4.69) is 10.3 Å². The van der Waals surface area contributed by atoms with Crippen molar-refractivity contribution in [1.29, 1.82) is 5.26 Å². The monoisotopic (exact) mass is 257 g/mol. The lowest BCUT2D eigenvalue weighted by molar-refractivity contribution is 1.11. The van der Waals surface area contributed by atoms with Crippen molar-refractivity contribution in [3.8, 4) is 6.07 Å². The number of aryl methyl sites for hydroxylation is 1. The fourth-order valence-corrected chi connectivity index (χ4v) is 1.85. The number of pyridine rings is 1. The predicted octanol–water partition coefficient (Wildman–Crippen LogP) is 3.53. The average Bonchev–Trinajstić information content (AvgIpc) is 2.38. The van der Waals surface area contributed by atoms with Crippen LogP contribution in [0.15, 0.2) is 36.5 Å². The fourth-order valence-electron chi connectivity index (χ4n) is 1.62. The molecule has 0 aliphatic rings. The second kappa shape index (κ2) is 5.52. The Morgan fingerprint density at radius 3 is 2.78 bits per heavy atom. The first-order valence-electron chi connectivity index (χ1n) is 5.54. The maximum absolute atomic E-state index is 8.65. The highest BCUT2D eigenvalue weighted by Gasteiger charge is 2.00. The van der Waals surface area contributed by atoms with E-state index in [-0.39, 0.29) is 0 Å². The molecule has 0 unspecified atom stereocenters. The van der Waals surface area contributed by atoms with E-state index in [4.69, 9.17) is 16.9 Å². The normalized spacial score (nSPS) is 9.83. The lowest BCUT2D eigenvalue weighted by atomic mass is 10.1. The Morgan fingerprint density at radius 2 is 2.17 bits per heavy atom. The van der Waals surface area contributed by atoms with Gasteiger partial charge < -0.3 is 5.32 Å². The van der Waals surface area contributed by atoms with E-state index >= 15 is 0 Å². The van der Waals surface area contributed by atoms with Crippen LogP contribution in [-0.4, -0.2) is 4.98 Å². The Labute approximate surface area is 111 Å². The van der Waals surface area contributed by atoms with Gasteiger partial charge in [-0.05, 0) is 42.3 Å². The summed E-state index contributed by atoms with van der Waals surface area (Å²) in [6.07, 6.45) is 1.66. The molecule has 0 saturated heterocycles. The number of nitrogens with zero attached hydrogens (tertiary/aromatic N) is 2. The molecule has 0 aliphatic carbocycles. The van der Waals surface area contributed by atoms with Gasteiger partial charge >= 0.3 is 0 Å². The summed E-state index contributed by atoms with van der Waals surface area (Å²) in [7, 11) is 0. The molecular weight excluding hydrogens is 246 g/mol. The third-order valence-corrected chi connectivity index (χ3v) is 2.90. The first kappa shape index (κ1) is 12.4. The number of nitriles is 1. The third-order valence-electron chi connectivity index (χ3n) is 2.67. The number of anilines is 1. The van der Waals surface area contributed by atoms with Crippen molar-refractivity contribution >= 4 is 17.3 Å². The largest absolute Gasteiger partial charge is 0.380 e. The zero-order valence-electron chi connectivity index (χ0n) is 9.94. The molecule has 18 heavy (non-hydrogen) atoms. The second-order valence-electron chi connectivity index (χ2n) is 3.97. The van der Waals surface area contributed by atoms with Crippen LogP contribution in [-0.2, 0) is 6.54 Å². The van der Waals surface area contributed by atoms with Gasteiger partial charge in [0.1, 0.15) is 11.8 Å². The number of hydrogen-bond acceptors (Lipinski definition) is 3. The summed E-state index contributed by atoms with van der Waals surface area (Å²) < 4.78 is 0. The number of nitrogens with one attached hydrogen (secondary N) is 1. The number of hydrogen-bond donors (Lipinski definition) is 1. The van der Waals surface area contributed by atoms with Crippen LogP contribution in [0.3, 0.4) is 0 Å². The van der Waals surface area contributed by atoms with E-state index in [1.165, 1.54) is 5.56 Å². The van der Waals surface area contributed by atoms with Crippen LogP contribution in [0, 0.1) is 18.3 Å². The molecule has 1 aromatic carbocycles. The van der Waals surface area contributed by atoms with Crippen molar-refractivity contribution < 1.29 is 0 Å². The van der Waals surface area contributed by atoms with Crippen LogP contribution in [0.2, 0.25) is 5.02 Å². The number of aromatic nitrogens is 1. The molecule has 2 aromatic rings. The molecule has 0 bridgehead atoms. The fraction of sp³-hybridized carbons (Fsp3) is 0.143. The molecule has 0 amide bonds. The molecule has 0 atom stereocenters. The van der Waals surface area contributed by atoms with Gasteiger partial charge in [-0.15, -0.1) is 0 Å². The predicted molar refractivity (Wildman–Crippen MR) is 72.5 cm³/mol. The Bertz CT molecular complexity index is 585. The van der Waals surface area contributed by atoms with Gasteiger partial charge in [0.25, 0.3) is 0 Å². The molecule has 1 aromatic heterocycles. The Morgan fingerprint density at radius 1 is 1.33 bits per heavy atom. The van der Waals surface area contributed by atoms with E-state index in [0.29, 0.717) is 12.2 Å². The number of rotatable bonds is 3. The topological polar surface area (TPSA) is 48.7 Å². The van der Waals surface area contributed by atoms with Crippen LogP contribution >= 0.6 is 11.6 Å². The minimum Gasteiger partial charge on any atom is -0.380 e. The van der Waals surface area contributed by atoms with Crippen LogP contribution in [0.4, 0.5) is 5.69 Å². The van der Waals surface area contributed by atoms with Gasteiger partial charge in [0, 0.05) is 11.6 Å². The summed E-state index contributed by atoms with van der Waals surface area (Å²) in [5.41, 5.74) is 3.65. The minimum absolute atomic E-state index is 0.420. The molecule has 0 radical (unpaired) electrons. The van der Waals surface area contributed by atoms with E-state index in [1.807, 2.05) is 37.3 Å². The van der Waals surface area contributed by atoms with Crippen molar-refractivity contribution in [2.24, 2.45) is 0 Å². The van der Waals surface area contributed by atoms with E-state index in [9.17, 15) is 0 Å². The molecule has 0 spiro atoms. The van der Waals surface area contributed by atoms with Gasteiger partial charge in [0.15, 0.2) is 0 Å². The van der Waals surface area contributed by atoms with Crippen molar-refractivity contribution in [3.63, 3.8) is 0 Å². The van der Waals surface area contributed by atoms with Crippen LogP contribution < -0.4 is 5.32 Å². The molecule has 1 N–H and O–H groups in total. The van der Waals surface area contributed by atoms with Gasteiger partial charge in [-0.3, -0.25) is 0 Å². The molecule has 0 saturated carbocycles. The van der Waals surface area contributed by atoms with E-state index in [1.54, 1.807) is 12.3 Å². The second-order valence-corrected chi connectivity index (χ2v) is 4.40. The standard InChI is InChI=1S/C14H12ClN3/c1-10-6-12(15)3-2-11(10)8-17-14-5-4-13(7-16)18-9-14/h2-6,9,17H,8H2,1H3. The Balaban J connectivity index is 2.04. The van der Waals surface area contributed by atoms with Gasteiger partial charge in [-0.2, -0.15) is 5.26 Å². The molecule has 4 heteroatoms. The SMILES string of the molecule is Cc1cc(Cl)ccc1CNc1ccc(C#N)nc1. The highest BCUT2D eigenvalue weighted by molar-refractivity contribution is 6.30. The summed E-state index contributed by atoms with van der Waals surface area (Å²) in [5, 5.41) is 12.7. The van der Waals surface area contributed by atoms with Crippen LogP contribution in [0.5, 0.6) is 0 Å². The van der Waals surface area contributed by atoms with Gasteiger partial charge in [-0.1, -0.05) is 17.7 Å². The third kappa shape index (κ3) is 2.99.